The minimum atomic E-state index is -1.64. The van der Waals surface area contributed by atoms with E-state index >= 15 is 0 Å². The molecule has 1 aromatic heterocycles. The van der Waals surface area contributed by atoms with Gasteiger partial charge in [-0.05, 0) is 125 Å². The lowest BCUT2D eigenvalue weighted by atomic mass is 9.66. The standard InChI is InChI=1S/C42H60N6O6/c1-11-30-23-28(4)42(41(51)52,29(5)24-30)44-39(49)33-26-35(38-36(53-9)15-12-16-37(38)54-10)48(45-33)34-18-17-31(25-32(34)27(2)3)40(50)47(8)22-14-21-46(7)20-13-19-43-6/h12,15-18,25-27,29-30,43H,4,11,13-14,19-24H2,1-3,5-10H3,(H,44,49)(H,51,52). The molecule has 1 fully saturated rings. The second-order valence-corrected chi connectivity index (χ2v) is 14.9. The second-order valence-electron chi connectivity index (χ2n) is 14.9. The highest BCUT2D eigenvalue weighted by molar-refractivity contribution is 5.99. The van der Waals surface area contributed by atoms with Crippen molar-refractivity contribution in [3.05, 3.63) is 71.4 Å². The summed E-state index contributed by atoms with van der Waals surface area (Å²) in [4.78, 5) is 44.9. The Hall–Kier alpha value is -4.68. The van der Waals surface area contributed by atoms with Crippen LogP contribution in [-0.2, 0) is 4.79 Å². The molecule has 3 aromatic rings. The molecule has 3 atom stereocenters. The van der Waals surface area contributed by atoms with Gasteiger partial charge in [0.2, 0.25) is 0 Å². The zero-order valence-corrected chi connectivity index (χ0v) is 33.6. The Balaban J connectivity index is 1.76. The Kier molecular flexibility index (Phi) is 14.5. The summed E-state index contributed by atoms with van der Waals surface area (Å²) in [6.07, 6.45) is 3.97. The number of hydrogen-bond donors (Lipinski definition) is 3. The molecule has 1 heterocycles. The van der Waals surface area contributed by atoms with E-state index in [1.54, 1.807) is 48.1 Å². The topological polar surface area (TPSA) is 138 Å². The van der Waals surface area contributed by atoms with Gasteiger partial charge in [-0.25, -0.2) is 9.48 Å². The third-order valence-electron chi connectivity index (χ3n) is 10.8. The number of aromatic nitrogens is 2. The van der Waals surface area contributed by atoms with E-state index < -0.39 is 17.4 Å². The molecule has 0 saturated heterocycles. The van der Waals surface area contributed by atoms with Gasteiger partial charge in [-0.3, -0.25) is 9.59 Å². The summed E-state index contributed by atoms with van der Waals surface area (Å²) < 4.78 is 13.2. The molecule has 3 unspecified atom stereocenters. The summed E-state index contributed by atoms with van der Waals surface area (Å²) in [5, 5.41) is 21.5. The molecule has 1 saturated carbocycles. The van der Waals surface area contributed by atoms with Crippen molar-refractivity contribution in [2.75, 3.05) is 61.5 Å². The Bertz CT molecular complexity index is 1780. The molecule has 1 aliphatic rings. The van der Waals surface area contributed by atoms with Crippen molar-refractivity contribution in [2.45, 2.75) is 71.3 Å². The lowest BCUT2D eigenvalue weighted by Crippen LogP contribution is -2.62. The average molecular weight is 745 g/mol. The fraction of sp³-hybridized carbons (Fsp3) is 0.524. The molecule has 12 heteroatoms. The minimum Gasteiger partial charge on any atom is -0.496 e. The van der Waals surface area contributed by atoms with Crippen molar-refractivity contribution in [3.63, 3.8) is 0 Å². The lowest BCUT2D eigenvalue weighted by molar-refractivity contribution is -0.146. The predicted molar refractivity (Wildman–Crippen MR) is 213 cm³/mol. The number of rotatable bonds is 18. The fourth-order valence-corrected chi connectivity index (χ4v) is 7.64. The normalized spacial score (nSPS) is 18.5. The number of nitrogens with zero attached hydrogens (tertiary/aromatic N) is 4. The molecule has 1 aliphatic carbocycles. The fourth-order valence-electron chi connectivity index (χ4n) is 7.64. The zero-order valence-electron chi connectivity index (χ0n) is 33.6. The van der Waals surface area contributed by atoms with Gasteiger partial charge < -0.3 is 35.0 Å². The van der Waals surface area contributed by atoms with E-state index in [1.807, 2.05) is 53.1 Å². The molecule has 0 spiro atoms. The van der Waals surface area contributed by atoms with Gasteiger partial charge >= 0.3 is 5.97 Å². The first kappa shape index (κ1) is 42.1. The molecule has 0 radical (unpaired) electrons. The van der Waals surface area contributed by atoms with Crippen LogP contribution in [0.2, 0.25) is 0 Å². The first-order chi connectivity index (χ1) is 25.7. The minimum absolute atomic E-state index is 0.0155. The summed E-state index contributed by atoms with van der Waals surface area (Å²) in [5.41, 5.74) is 1.95. The number of carboxylic acid groups (broad SMARTS) is 1. The summed E-state index contributed by atoms with van der Waals surface area (Å²) in [7, 11) is 8.99. The first-order valence-corrected chi connectivity index (χ1v) is 19.0. The number of nitrogens with one attached hydrogen (secondary N) is 2. The summed E-state index contributed by atoms with van der Waals surface area (Å²) >= 11 is 0. The number of aliphatic carboxylic acids is 1. The SMILES string of the molecule is C=C1CC(CC)CC(C)C1(NC(=O)c1cc(-c2c(OC)cccc2OC)n(-c2ccc(C(=O)N(C)CCCN(C)CCCNC)cc2C(C)C)n1)C(=O)O. The molecule has 0 bridgehead atoms. The zero-order chi connectivity index (χ0) is 39.7. The van der Waals surface area contributed by atoms with E-state index in [1.165, 1.54) is 0 Å². The molecule has 2 aromatic carbocycles. The van der Waals surface area contributed by atoms with Crippen LogP contribution < -0.4 is 20.1 Å². The molecule has 4 rings (SSSR count). The van der Waals surface area contributed by atoms with E-state index in [0.29, 0.717) is 64.9 Å². The predicted octanol–water partition coefficient (Wildman–Crippen LogP) is 6.25. The third kappa shape index (κ3) is 8.98. The molecule has 2 amide bonds. The van der Waals surface area contributed by atoms with E-state index in [2.05, 4.69) is 36.1 Å². The van der Waals surface area contributed by atoms with E-state index in [9.17, 15) is 19.5 Å². The van der Waals surface area contributed by atoms with Crippen molar-refractivity contribution < 1.29 is 29.0 Å². The Morgan fingerprint density at radius 1 is 1.06 bits per heavy atom. The molecule has 294 valence electrons. The van der Waals surface area contributed by atoms with Crippen LogP contribution in [0.4, 0.5) is 0 Å². The van der Waals surface area contributed by atoms with E-state index in [0.717, 1.165) is 44.5 Å². The molecule has 12 nitrogen and oxygen atoms in total. The quantitative estimate of drug-likeness (QED) is 0.102. The maximum absolute atomic E-state index is 14.2. The highest BCUT2D eigenvalue weighted by atomic mass is 16.5. The Morgan fingerprint density at radius 2 is 1.72 bits per heavy atom. The van der Waals surface area contributed by atoms with Gasteiger partial charge in [0.15, 0.2) is 11.2 Å². The largest absolute Gasteiger partial charge is 0.496 e. The number of ether oxygens (including phenoxy) is 2. The highest BCUT2D eigenvalue weighted by Crippen LogP contribution is 2.43. The third-order valence-corrected chi connectivity index (χ3v) is 10.8. The van der Waals surface area contributed by atoms with Crippen LogP contribution in [0.15, 0.2) is 54.6 Å². The van der Waals surface area contributed by atoms with Crippen molar-refractivity contribution in [1.29, 1.82) is 0 Å². The van der Waals surface area contributed by atoms with Crippen molar-refractivity contribution >= 4 is 17.8 Å². The number of methoxy groups -OCH3 is 2. The smallest absolute Gasteiger partial charge is 0.334 e. The van der Waals surface area contributed by atoms with Crippen LogP contribution in [-0.4, -0.2) is 110 Å². The van der Waals surface area contributed by atoms with Gasteiger partial charge in [-0.15, -0.1) is 0 Å². The van der Waals surface area contributed by atoms with Crippen LogP contribution in [0.25, 0.3) is 16.9 Å². The monoisotopic (exact) mass is 744 g/mol. The van der Waals surface area contributed by atoms with E-state index in [4.69, 9.17) is 14.6 Å². The maximum Gasteiger partial charge on any atom is 0.334 e. The van der Waals surface area contributed by atoms with Crippen molar-refractivity contribution in [3.8, 4) is 28.4 Å². The average Bonchev–Trinajstić information content (AvgIpc) is 3.60. The highest BCUT2D eigenvalue weighted by Gasteiger charge is 2.51. The maximum atomic E-state index is 14.2. The van der Waals surface area contributed by atoms with Crippen LogP contribution in [0.3, 0.4) is 0 Å². The molecular formula is C42H60N6O6. The van der Waals surface area contributed by atoms with Gasteiger partial charge in [0.1, 0.15) is 11.5 Å². The number of carbonyl (C=O) groups excluding carboxylic acids is 2. The van der Waals surface area contributed by atoms with Crippen LogP contribution in [0, 0.1) is 11.8 Å². The summed E-state index contributed by atoms with van der Waals surface area (Å²) in [6.45, 7) is 15.6. The van der Waals surface area contributed by atoms with Crippen LogP contribution in [0.5, 0.6) is 11.5 Å². The lowest BCUT2D eigenvalue weighted by Gasteiger charge is -2.44. The molecular weight excluding hydrogens is 684 g/mol. The number of amides is 2. The number of carboxylic acids is 1. The number of hydrogen-bond acceptors (Lipinski definition) is 8. The first-order valence-electron chi connectivity index (χ1n) is 19.0. The van der Waals surface area contributed by atoms with Gasteiger partial charge in [-0.1, -0.05) is 46.8 Å². The van der Waals surface area contributed by atoms with Crippen LogP contribution >= 0.6 is 0 Å². The van der Waals surface area contributed by atoms with Crippen molar-refractivity contribution in [1.82, 2.24) is 30.2 Å². The van der Waals surface area contributed by atoms with Gasteiger partial charge in [0.05, 0.1) is 31.2 Å². The Morgan fingerprint density at radius 3 is 2.30 bits per heavy atom. The summed E-state index contributed by atoms with van der Waals surface area (Å²) in [5.74, 6) is -0.996. The van der Waals surface area contributed by atoms with Gasteiger partial charge in [-0.2, -0.15) is 5.10 Å². The summed E-state index contributed by atoms with van der Waals surface area (Å²) in [6, 6.07) is 12.6. The van der Waals surface area contributed by atoms with Gasteiger partial charge in [0, 0.05) is 19.2 Å². The Labute approximate surface area is 320 Å². The van der Waals surface area contributed by atoms with Crippen LogP contribution in [0.1, 0.15) is 92.1 Å². The molecule has 0 aliphatic heterocycles. The second kappa shape index (κ2) is 18.6. The van der Waals surface area contributed by atoms with E-state index in [-0.39, 0.29) is 23.4 Å². The molecule has 54 heavy (non-hydrogen) atoms. The molecule has 3 N–H and O–H groups in total. The number of carbonyl (C=O) groups is 3. The number of benzene rings is 2. The van der Waals surface area contributed by atoms with Gasteiger partial charge in [0.25, 0.3) is 11.8 Å². The van der Waals surface area contributed by atoms with Crippen molar-refractivity contribution in [2.24, 2.45) is 11.8 Å².